The van der Waals surface area contributed by atoms with Crippen molar-refractivity contribution in [2.45, 2.75) is 32.7 Å². The molecule has 6 heteroatoms. The van der Waals surface area contributed by atoms with Gasteiger partial charge in [0, 0.05) is 39.1 Å². The molecule has 0 bridgehead atoms. The van der Waals surface area contributed by atoms with Gasteiger partial charge in [-0.25, -0.2) is 9.37 Å². The normalized spacial score (nSPS) is 11.5. The third kappa shape index (κ3) is 6.02. The smallest absolute Gasteiger partial charge is 0.190 e. The van der Waals surface area contributed by atoms with Crippen molar-refractivity contribution in [3.05, 3.63) is 53.9 Å². The first-order chi connectivity index (χ1) is 11.7. The maximum Gasteiger partial charge on any atom is 0.190 e. The molecule has 0 spiro atoms. The van der Waals surface area contributed by atoms with Crippen LogP contribution in [0.3, 0.4) is 0 Å². The molecule has 2 rings (SSSR count). The fourth-order valence-corrected chi connectivity index (χ4v) is 2.45. The molecule has 0 unspecified atom stereocenters. The summed E-state index contributed by atoms with van der Waals surface area (Å²) < 4.78 is 15.0. The number of nitrogens with zero attached hydrogens (tertiary/aromatic N) is 3. The highest BCUT2D eigenvalue weighted by molar-refractivity contribution is 5.79. The molecule has 0 saturated heterocycles. The van der Waals surface area contributed by atoms with E-state index in [-0.39, 0.29) is 5.82 Å². The van der Waals surface area contributed by atoms with Crippen molar-refractivity contribution < 1.29 is 4.39 Å². The van der Waals surface area contributed by atoms with E-state index >= 15 is 0 Å². The number of rotatable bonds is 8. The zero-order valence-electron chi connectivity index (χ0n) is 14.4. The van der Waals surface area contributed by atoms with E-state index in [0.29, 0.717) is 0 Å². The summed E-state index contributed by atoms with van der Waals surface area (Å²) in [4.78, 5) is 8.43. The highest BCUT2D eigenvalue weighted by Gasteiger charge is 1.99. The minimum Gasteiger partial charge on any atom is -0.356 e. The molecule has 1 heterocycles. The summed E-state index contributed by atoms with van der Waals surface area (Å²) in [6.07, 6.45) is 6.84. The van der Waals surface area contributed by atoms with E-state index in [1.165, 1.54) is 12.1 Å². The molecule has 0 aliphatic rings. The lowest BCUT2D eigenvalue weighted by Gasteiger charge is -2.12. The van der Waals surface area contributed by atoms with Crippen molar-refractivity contribution in [1.82, 2.24) is 20.2 Å². The van der Waals surface area contributed by atoms with Gasteiger partial charge in [-0.3, -0.25) is 4.99 Å². The lowest BCUT2D eigenvalue weighted by atomic mass is 10.1. The zero-order valence-corrected chi connectivity index (χ0v) is 14.4. The van der Waals surface area contributed by atoms with Gasteiger partial charge >= 0.3 is 0 Å². The molecule has 0 aliphatic carbocycles. The summed E-state index contributed by atoms with van der Waals surface area (Å²) in [5.74, 6) is 1.66. The minimum atomic E-state index is -0.199. The number of benzene rings is 1. The second-order valence-electron chi connectivity index (χ2n) is 5.68. The molecule has 5 nitrogen and oxygen atoms in total. The van der Waals surface area contributed by atoms with Crippen LogP contribution < -0.4 is 10.6 Å². The number of aromatic nitrogens is 2. The molecule has 130 valence electrons. The number of hydrogen-bond acceptors (Lipinski definition) is 2. The predicted octanol–water partition coefficient (Wildman–Crippen LogP) is 2.52. The molecule has 2 aromatic rings. The summed E-state index contributed by atoms with van der Waals surface area (Å²) in [7, 11) is 1.77. The molecule has 24 heavy (non-hydrogen) atoms. The molecule has 0 aliphatic heterocycles. The van der Waals surface area contributed by atoms with E-state index < -0.39 is 0 Å². The Labute approximate surface area is 143 Å². The number of aliphatic imine (C=N–C) groups is 1. The number of aryl methyl sites for hydroxylation is 2. The number of unbranched alkanes of at least 4 members (excludes halogenated alkanes) is 1. The van der Waals surface area contributed by atoms with Crippen molar-refractivity contribution in [2.75, 3.05) is 20.1 Å². The second kappa shape index (κ2) is 9.70. The standard InChI is InChI=1S/C18H26FN5/c1-15-21-12-14-24(15)13-4-3-10-22-18(20-2)23-11-9-16-5-7-17(19)8-6-16/h5-8,12,14H,3-4,9-11,13H2,1-2H3,(H2,20,22,23). The first-order valence-electron chi connectivity index (χ1n) is 8.36. The third-order valence-electron chi connectivity index (χ3n) is 3.88. The molecular weight excluding hydrogens is 305 g/mol. The van der Waals surface area contributed by atoms with E-state index in [1.54, 1.807) is 7.05 Å². The Balaban J connectivity index is 1.58. The maximum atomic E-state index is 12.9. The van der Waals surface area contributed by atoms with Gasteiger partial charge < -0.3 is 15.2 Å². The van der Waals surface area contributed by atoms with E-state index in [4.69, 9.17) is 0 Å². The molecule has 0 amide bonds. The van der Waals surface area contributed by atoms with Crippen LogP contribution in [0.5, 0.6) is 0 Å². The zero-order chi connectivity index (χ0) is 17.2. The van der Waals surface area contributed by atoms with Crippen LogP contribution in [-0.2, 0) is 13.0 Å². The minimum absolute atomic E-state index is 0.199. The van der Waals surface area contributed by atoms with Gasteiger partial charge in [-0.2, -0.15) is 0 Å². The monoisotopic (exact) mass is 331 g/mol. The van der Waals surface area contributed by atoms with Crippen LogP contribution in [0, 0.1) is 12.7 Å². The van der Waals surface area contributed by atoms with Crippen LogP contribution in [0.4, 0.5) is 4.39 Å². The SMILES string of the molecule is CN=C(NCCCCn1ccnc1C)NCCc1ccc(F)cc1. The Bertz CT molecular complexity index is 633. The van der Waals surface area contributed by atoms with Gasteiger partial charge in [-0.05, 0) is 43.9 Å². The van der Waals surface area contributed by atoms with E-state index in [9.17, 15) is 4.39 Å². The second-order valence-corrected chi connectivity index (χ2v) is 5.68. The Morgan fingerprint density at radius 3 is 2.58 bits per heavy atom. The van der Waals surface area contributed by atoms with Crippen LogP contribution in [-0.4, -0.2) is 35.6 Å². The fourth-order valence-electron chi connectivity index (χ4n) is 2.45. The molecule has 2 N–H and O–H groups in total. The summed E-state index contributed by atoms with van der Waals surface area (Å²) in [5.41, 5.74) is 1.11. The maximum absolute atomic E-state index is 12.9. The Morgan fingerprint density at radius 1 is 1.17 bits per heavy atom. The number of hydrogen-bond donors (Lipinski definition) is 2. The van der Waals surface area contributed by atoms with Gasteiger partial charge in [0.15, 0.2) is 5.96 Å². The summed E-state index contributed by atoms with van der Waals surface area (Å²) in [6.45, 7) is 4.65. The van der Waals surface area contributed by atoms with Crippen molar-refractivity contribution in [2.24, 2.45) is 4.99 Å². The van der Waals surface area contributed by atoms with Crippen LogP contribution in [0.15, 0.2) is 41.7 Å². The molecule has 0 saturated carbocycles. The predicted molar refractivity (Wildman–Crippen MR) is 95.7 cm³/mol. The lowest BCUT2D eigenvalue weighted by Crippen LogP contribution is -2.38. The first-order valence-corrected chi connectivity index (χ1v) is 8.36. The molecule has 0 radical (unpaired) electrons. The fraction of sp³-hybridized carbons (Fsp3) is 0.444. The van der Waals surface area contributed by atoms with Crippen molar-refractivity contribution in [1.29, 1.82) is 0 Å². The average molecular weight is 331 g/mol. The Morgan fingerprint density at radius 2 is 1.92 bits per heavy atom. The van der Waals surface area contributed by atoms with E-state index in [2.05, 4.69) is 25.2 Å². The van der Waals surface area contributed by atoms with Gasteiger partial charge in [0.25, 0.3) is 0 Å². The number of nitrogens with one attached hydrogen (secondary N) is 2. The topological polar surface area (TPSA) is 54.2 Å². The molecular formula is C18H26FN5. The van der Waals surface area contributed by atoms with E-state index in [0.717, 1.165) is 56.2 Å². The quantitative estimate of drug-likeness (QED) is 0.444. The summed E-state index contributed by atoms with van der Waals surface area (Å²) in [5, 5.41) is 6.59. The van der Waals surface area contributed by atoms with Gasteiger partial charge in [0.2, 0.25) is 0 Å². The van der Waals surface area contributed by atoms with Crippen LogP contribution in [0.1, 0.15) is 24.2 Å². The van der Waals surface area contributed by atoms with Gasteiger partial charge in [-0.15, -0.1) is 0 Å². The van der Waals surface area contributed by atoms with Crippen LogP contribution in [0.2, 0.25) is 0 Å². The Kier molecular flexibility index (Phi) is 7.26. The van der Waals surface area contributed by atoms with Crippen LogP contribution >= 0.6 is 0 Å². The third-order valence-corrected chi connectivity index (χ3v) is 3.88. The van der Waals surface area contributed by atoms with E-state index in [1.807, 2.05) is 31.5 Å². The molecule has 1 aromatic heterocycles. The average Bonchev–Trinajstić information content (AvgIpc) is 3.00. The molecule has 0 atom stereocenters. The summed E-state index contributed by atoms with van der Waals surface area (Å²) in [6, 6.07) is 6.60. The lowest BCUT2D eigenvalue weighted by molar-refractivity contribution is 0.588. The first kappa shape index (κ1) is 18.0. The highest BCUT2D eigenvalue weighted by Crippen LogP contribution is 2.02. The largest absolute Gasteiger partial charge is 0.356 e. The molecule has 0 fully saturated rings. The summed E-state index contributed by atoms with van der Waals surface area (Å²) >= 11 is 0. The van der Waals surface area contributed by atoms with Crippen molar-refractivity contribution >= 4 is 5.96 Å². The molecule has 1 aromatic carbocycles. The highest BCUT2D eigenvalue weighted by atomic mass is 19.1. The number of halogens is 1. The van der Waals surface area contributed by atoms with Crippen LogP contribution in [0.25, 0.3) is 0 Å². The van der Waals surface area contributed by atoms with Gasteiger partial charge in [0.1, 0.15) is 11.6 Å². The van der Waals surface area contributed by atoms with Crippen molar-refractivity contribution in [3.63, 3.8) is 0 Å². The van der Waals surface area contributed by atoms with Gasteiger partial charge in [-0.1, -0.05) is 12.1 Å². The van der Waals surface area contributed by atoms with Gasteiger partial charge in [0.05, 0.1) is 0 Å². The Hall–Kier alpha value is -2.37. The number of guanidine groups is 1. The number of imidazole rings is 1. The van der Waals surface area contributed by atoms with Crippen molar-refractivity contribution in [3.8, 4) is 0 Å².